The number of carboxylic acid groups (broad SMARTS) is 1. The smallest absolute Gasteiger partial charge is 0.320 e. The molecule has 0 saturated carbocycles. The second-order valence-corrected chi connectivity index (χ2v) is 4.70. The highest BCUT2D eigenvalue weighted by atomic mass is 16.4. The lowest BCUT2D eigenvalue weighted by Gasteiger charge is -2.17. The quantitative estimate of drug-likeness (QED) is 0.686. The summed E-state index contributed by atoms with van der Waals surface area (Å²) in [4.78, 5) is 22.5. The van der Waals surface area contributed by atoms with Crippen molar-refractivity contribution in [3.8, 4) is 0 Å². The summed E-state index contributed by atoms with van der Waals surface area (Å²) in [5.41, 5.74) is 1.01. The van der Waals surface area contributed by atoms with Gasteiger partial charge in [-0.05, 0) is 11.5 Å². The molecule has 0 saturated heterocycles. The number of carbonyl (C=O) groups is 2. The Kier molecular flexibility index (Phi) is 6.02. The van der Waals surface area contributed by atoms with E-state index < -0.39 is 12.0 Å². The van der Waals surface area contributed by atoms with Gasteiger partial charge in [-0.15, -0.1) is 0 Å². The third-order valence-electron chi connectivity index (χ3n) is 2.75. The molecule has 1 aromatic rings. The summed E-state index contributed by atoms with van der Waals surface area (Å²) in [6.07, 6.45) is 0. The van der Waals surface area contributed by atoms with Crippen LogP contribution in [0.3, 0.4) is 0 Å². The summed E-state index contributed by atoms with van der Waals surface area (Å²) in [5, 5.41) is 14.5. The fourth-order valence-electron chi connectivity index (χ4n) is 1.67. The van der Waals surface area contributed by atoms with Crippen LogP contribution in [0.15, 0.2) is 30.3 Å². The van der Waals surface area contributed by atoms with Crippen molar-refractivity contribution in [1.29, 1.82) is 0 Å². The van der Waals surface area contributed by atoms with Gasteiger partial charge in [-0.2, -0.15) is 0 Å². The second-order valence-electron chi connectivity index (χ2n) is 4.70. The van der Waals surface area contributed by atoms with Crippen LogP contribution < -0.4 is 10.6 Å². The predicted molar refractivity (Wildman–Crippen MR) is 72.6 cm³/mol. The highest BCUT2D eigenvalue weighted by Crippen LogP contribution is 2.01. The van der Waals surface area contributed by atoms with Gasteiger partial charge in [0.15, 0.2) is 0 Å². The van der Waals surface area contributed by atoms with Gasteiger partial charge in [-0.3, -0.25) is 14.9 Å². The molecular weight excluding hydrogens is 244 g/mol. The number of carboxylic acids is 1. The summed E-state index contributed by atoms with van der Waals surface area (Å²) in [6, 6.07) is 8.84. The van der Waals surface area contributed by atoms with Crippen LogP contribution in [-0.2, 0) is 16.1 Å². The summed E-state index contributed by atoms with van der Waals surface area (Å²) in [7, 11) is 0. The summed E-state index contributed by atoms with van der Waals surface area (Å²) in [6.45, 7) is 4.05. The van der Waals surface area contributed by atoms with Crippen molar-refractivity contribution in [1.82, 2.24) is 10.6 Å². The zero-order chi connectivity index (χ0) is 14.3. The molecule has 1 amide bonds. The van der Waals surface area contributed by atoms with E-state index in [-0.39, 0.29) is 18.4 Å². The molecule has 0 aliphatic rings. The van der Waals surface area contributed by atoms with E-state index in [9.17, 15) is 9.59 Å². The molecule has 0 fully saturated rings. The Bertz CT molecular complexity index is 418. The molecule has 0 radical (unpaired) electrons. The van der Waals surface area contributed by atoms with Crippen LogP contribution >= 0.6 is 0 Å². The molecule has 0 aromatic heterocycles. The Labute approximate surface area is 113 Å². The zero-order valence-corrected chi connectivity index (χ0v) is 11.2. The SMILES string of the molecule is CC(C)C(NCC(=O)NCc1ccccc1)C(=O)O. The first-order valence-corrected chi connectivity index (χ1v) is 6.27. The third kappa shape index (κ3) is 5.52. The van der Waals surface area contributed by atoms with E-state index in [0.29, 0.717) is 6.54 Å². The molecule has 104 valence electrons. The molecule has 5 heteroatoms. The minimum Gasteiger partial charge on any atom is -0.480 e. The Morgan fingerprint density at radius 1 is 1.21 bits per heavy atom. The largest absolute Gasteiger partial charge is 0.480 e. The first-order valence-electron chi connectivity index (χ1n) is 6.27. The summed E-state index contributed by atoms with van der Waals surface area (Å²) < 4.78 is 0. The number of amides is 1. The Morgan fingerprint density at radius 3 is 2.37 bits per heavy atom. The van der Waals surface area contributed by atoms with Gasteiger partial charge in [-0.1, -0.05) is 44.2 Å². The molecule has 0 aliphatic heterocycles. The van der Waals surface area contributed by atoms with Gasteiger partial charge < -0.3 is 10.4 Å². The Morgan fingerprint density at radius 2 is 1.84 bits per heavy atom. The van der Waals surface area contributed by atoms with Crippen molar-refractivity contribution in [2.45, 2.75) is 26.4 Å². The maximum absolute atomic E-state index is 11.6. The number of nitrogens with one attached hydrogen (secondary N) is 2. The molecule has 3 N–H and O–H groups in total. The van der Waals surface area contributed by atoms with Crippen LogP contribution in [0.4, 0.5) is 0 Å². The van der Waals surface area contributed by atoms with Crippen molar-refractivity contribution in [2.75, 3.05) is 6.54 Å². The lowest BCUT2D eigenvalue weighted by atomic mass is 10.1. The van der Waals surface area contributed by atoms with Crippen LogP contribution in [-0.4, -0.2) is 29.6 Å². The van der Waals surface area contributed by atoms with Gasteiger partial charge in [0.05, 0.1) is 6.54 Å². The highest BCUT2D eigenvalue weighted by molar-refractivity contribution is 5.79. The molecule has 1 rings (SSSR count). The number of hydrogen-bond acceptors (Lipinski definition) is 3. The molecule has 0 bridgehead atoms. The summed E-state index contributed by atoms with van der Waals surface area (Å²) in [5.74, 6) is -1.22. The van der Waals surface area contributed by atoms with Crippen molar-refractivity contribution >= 4 is 11.9 Å². The van der Waals surface area contributed by atoms with Crippen LogP contribution in [0.1, 0.15) is 19.4 Å². The molecule has 1 atom stereocenters. The number of rotatable bonds is 7. The maximum Gasteiger partial charge on any atom is 0.320 e. The molecule has 1 unspecified atom stereocenters. The van der Waals surface area contributed by atoms with Crippen molar-refractivity contribution in [3.63, 3.8) is 0 Å². The van der Waals surface area contributed by atoms with E-state index in [1.807, 2.05) is 30.3 Å². The second kappa shape index (κ2) is 7.53. The monoisotopic (exact) mass is 264 g/mol. The average Bonchev–Trinajstić information content (AvgIpc) is 2.37. The number of aliphatic carboxylic acids is 1. The van der Waals surface area contributed by atoms with Crippen LogP contribution in [0.5, 0.6) is 0 Å². The molecule has 19 heavy (non-hydrogen) atoms. The molecule has 0 spiro atoms. The molecular formula is C14H20N2O3. The summed E-state index contributed by atoms with van der Waals surface area (Å²) >= 11 is 0. The lowest BCUT2D eigenvalue weighted by Crippen LogP contribution is -2.45. The topological polar surface area (TPSA) is 78.4 Å². The fraction of sp³-hybridized carbons (Fsp3) is 0.429. The van der Waals surface area contributed by atoms with Crippen LogP contribution in [0, 0.1) is 5.92 Å². The van der Waals surface area contributed by atoms with E-state index >= 15 is 0 Å². The van der Waals surface area contributed by atoms with Crippen LogP contribution in [0.25, 0.3) is 0 Å². The van der Waals surface area contributed by atoms with Gasteiger partial charge in [0.1, 0.15) is 6.04 Å². The number of benzene rings is 1. The van der Waals surface area contributed by atoms with E-state index in [1.165, 1.54) is 0 Å². The standard InChI is InChI=1S/C14H20N2O3/c1-10(2)13(14(18)19)16-9-12(17)15-8-11-6-4-3-5-7-11/h3-7,10,13,16H,8-9H2,1-2H3,(H,15,17)(H,18,19). The minimum absolute atomic E-state index is 0.00196. The fourth-order valence-corrected chi connectivity index (χ4v) is 1.67. The van der Waals surface area contributed by atoms with Crippen molar-refractivity contribution in [2.24, 2.45) is 5.92 Å². The van der Waals surface area contributed by atoms with Crippen LogP contribution in [0.2, 0.25) is 0 Å². The lowest BCUT2D eigenvalue weighted by molar-refractivity contribution is -0.140. The van der Waals surface area contributed by atoms with E-state index in [0.717, 1.165) is 5.56 Å². The van der Waals surface area contributed by atoms with Crippen molar-refractivity contribution in [3.05, 3.63) is 35.9 Å². The maximum atomic E-state index is 11.6. The first kappa shape index (κ1) is 15.2. The number of hydrogen-bond donors (Lipinski definition) is 3. The highest BCUT2D eigenvalue weighted by Gasteiger charge is 2.21. The van der Waals surface area contributed by atoms with Gasteiger partial charge in [0.2, 0.25) is 5.91 Å². The van der Waals surface area contributed by atoms with Gasteiger partial charge in [0, 0.05) is 6.54 Å². The van der Waals surface area contributed by atoms with E-state index in [4.69, 9.17) is 5.11 Å². The first-order chi connectivity index (χ1) is 9.00. The minimum atomic E-state index is -0.939. The number of carbonyl (C=O) groups excluding carboxylic acids is 1. The van der Waals surface area contributed by atoms with Crippen molar-refractivity contribution < 1.29 is 14.7 Å². The molecule has 1 aromatic carbocycles. The van der Waals surface area contributed by atoms with Gasteiger partial charge in [-0.25, -0.2) is 0 Å². The molecule has 0 aliphatic carbocycles. The van der Waals surface area contributed by atoms with E-state index in [2.05, 4.69) is 10.6 Å². The Hall–Kier alpha value is -1.88. The third-order valence-corrected chi connectivity index (χ3v) is 2.75. The Balaban J connectivity index is 2.33. The predicted octanol–water partition coefficient (Wildman–Crippen LogP) is 1.00. The normalized spacial score (nSPS) is 12.2. The van der Waals surface area contributed by atoms with Gasteiger partial charge in [0.25, 0.3) is 0 Å². The van der Waals surface area contributed by atoms with E-state index in [1.54, 1.807) is 13.8 Å². The average molecular weight is 264 g/mol. The molecule has 5 nitrogen and oxygen atoms in total. The zero-order valence-electron chi connectivity index (χ0n) is 11.2. The van der Waals surface area contributed by atoms with Gasteiger partial charge >= 0.3 is 5.97 Å². The molecule has 0 heterocycles.